The molecule has 1 aromatic carbocycles. The number of hydrogen-bond acceptors (Lipinski definition) is 7. The van der Waals surface area contributed by atoms with E-state index in [0.717, 1.165) is 12.7 Å². The number of anilines is 1. The average molecular weight is 521 g/mol. The molecule has 3 amide bonds. The number of nitrogens with zero attached hydrogens (tertiary/aromatic N) is 1. The van der Waals surface area contributed by atoms with Crippen LogP contribution in [0.15, 0.2) is 18.2 Å². The maximum Gasteiger partial charge on any atom is 0.308 e. The van der Waals surface area contributed by atoms with Crippen LogP contribution in [-0.2, 0) is 25.5 Å². The molecule has 37 heavy (non-hydrogen) atoms. The summed E-state index contributed by atoms with van der Waals surface area (Å²) < 4.78 is 5.10. The fraction of sp³-hybridized carbons (Fsp3) is 0.630. The number of aliphatic hydroxyl groups is 1. The van der Waals surface area contributed by atoms with E-state index in [1.165, 1.54) is 0 Å². The fourth-order valence-electron chi connectivity index (χ4n) is 4.47. The zero-order valence-electron chi connectivity index (χ0n) is 23.2. The highest BCUT2D eigenvalue weighted by atomic mass is 16.6. The van der Waals surface area contributed by atoms with Crippen LogP contribution in [0.4, 0.5) is 5.69 Å². The lowest BCUT2D eigenvalue weighted by Crippen LogP contribution is -2.56. The van der Waals surface area contributed by atoms with Crippen molar-refractivity contribution in [1.29, 1.82) is 0 Å². The van der Waals surface area contributed by atoms with Gasteiger partial charge in [0.25, 0.3) is 5.91 Å². The molecule has 1 unspecified atom stereocenters. The minimum absolute atomic E-state index is 0.125. The minimum Gasteiger partial charge on any atom is -0.460 e. The third-order valence-electron chi connectivity index (χ3n) is 6.41. The maximum atomic E-state index is 13.5. The van der Waals surface area contributed by atoms with Gasteiger partial charge in [0.05, 0.1) is 12.5 Å². The number of hydrogen-bond donors (Lipinski definition) is 4. The van der Waals surface area contributed by atoms with E-state index in [4.69, 9.17) is 15.6 Å². The van der Waals surface area contributed by atoms with Crippen molar-refractivity contribution < 1.29 is 29.0 Å². The molecule has 10 nitrogen and oxygen atoms in total. The molecule has 2 fully saturated rings. The summed E-state index contributed by atoms with van der Waals surface area (Å²) in [6.45, 7) is 11.8. The van der Waals surface area contributed by atoms with E-state index in [0.29, 0.717) is 37.1 Å². The lowest BCUT2D eigenvalue weighted by molar-refractivity contribution is -0.141. The van der Waals surface area contributed by atoms with Crippen LogP contribution in [0.3, 0.4) is 0 Å². The number of ether oxygens (including phenoxy) is 1. The number of rotatable bonds is 7. The van der Waals surface area contributed by atoms with Crippen molar-refractivity contribution in [2.24, 2.45) is 5.92 Å². The minimum atomic E-state index is -0.775. The van der Waals surface area contributed by atoms with Crippen LogP contribution in [0, 0.1) is 5.92 Å². The summed E-state index contributed by atoms with van der Waals surface area (Å²) in [6, 6.07) is 3.29. The van der Waals surface area contributed by atoms with Gasteiger partial charge in [-0.3, -0.25) is 19.2 Å². The van der Waals surface area contributed by atoms with Crippen molar-refractivity contribution in [3.63, 3.8) is 0 Å². The number of carbonyl (C=O) groups excluding carboxylic acids is 4. The van der Waals surface area contributed by atoms with Gasteiger partial charge in [-0.15, -0.1) is 0 Å². The molecule has 2 aliphatic heterocycles. The molecule has 0 aromatic heterocycles. The zero-order chi connectivity index (χ0) is 28.3. The first-order valence-electron chi connectivity index (χ1n) is 13.1. The molecule has 0 radical (unpaired) electrons. The predicted octanol–water partition coefficient (Wildman–Crippen LogP) is 2.03. The summed E-state index contributed by atoms with van der Waals surface area (Å²) in [7, 11) is 1.00. The van der Waals surface area contributed by atoms with Crippen LogP contribution in [-0.4, -0.2) is 71.6 Å². The maximum absolute atomic E-state index is 13.5. The molecular formula is C27H44N4O6. The smallest absolute Gasteiger partial charge is 0.308 e. The Kier molecular flexibility index (Phi) is 13.1. The van der Waals surface area contributed by atoms with E-state index in [-0.39, 0.29) is 36.0 Å². The first-order valence-corrected chi connectivity index (χ1v) is 13.1. The van der Waals surface area contributed by atoms with Gasteiger partial charge in [-0.2, -0.15) is 0 Å². The number of benzene rings is 1. The third kappa shape index (κ3) is 8.18. The van der Waals surface area contributed by atoms with Crippen molar-refractivity contribution in [2.45, 2.75) is 91.5 Å². The molecule has 10 heteroatoms. The summed E-state index contributed by atoms with van der Waals surface area (Å²) in [4.78, 5) is 52.5. The van der Waals surface area contributed by atoms with Crippen LogP contribution in [0.25, 0.3) is 0 Å². The first kappa shape index (κ1) is 31.9. The lowest BCUT2D eigenvalue weighted by atomic mass is 9.99. The average Bonchev–Trinajstić information content (AvgIpc) is 3.50. The number of likely N-dealkylation sites (tertiary alicyclic amines) is 1. The second-order valence-corrected chi connectivity index (χ2v) is 9.17. The molecule has 2 aliphatic rings. The molecule has 2 saturated heterocycles. The SMILES string of the molecule is CC.CCc1cc(N)ccc1C(=O)NC(C(=O)N1CCC[C@H]1C(=O)N[C@H]1CC(=O)O[C@H]1C)C(C)C.CO. The Hall–Kier alpha value is -3.14. The van der Waals surface area contributed by atoms with E-state index >= 15 is 0 Å². The zero-order valence-corrected chi connectivity index (χ0v) is 23.2. The Labute approximate surface area is 220 Å². The molecule has 208 valence electrons. The van der Waals surface area contributed by atoms with E-state index < -0.39 is 24.2 Å². The molecule has 0 spiro atoms. The standard InChI is InChI=1S/C24H34N4O5.C2H6.CH4O/c1-5-15-11-16(25)8-9-17(15)22(30)27-21(13(2)3)24(32)28-10-6-7-19(28)23(31)26-18-12-20(29)33-14(18)4;2*1-2/h8-9,11,13-14,18-19,21H,5-7,10,12,25H2,1-4H3,(H,26,31)(H,27,30);1-2H3;2H,1H3/t14-,18-,19-,21?;;/m0../s1. The number of amides is 3. The van der Waals surface area contributed by atoms with E-state index in [1.54, 1.807) is 30.0 Å². The highest BCUT2D eigenvalue weighted by Gasteiger charge is 2.41. The molecule has 0 bridgehead atoms. The second kappa shape index (κ2) is 15.2. The van der Waals surface area contributed by atoms with Gasteiger partial charge in [0.2, 0.25) is 11.8 Å². The summed E-state index contributed by atoms with van der Waals surface area (Å²) in [6.07, 6.45) is 1.58. The van der Waals surface area contributed by atoms with Crippen LogP contribution in [0.1, 0.15) is 76.7 Å². The van der Waals surface area contributed by atoms with E-state index in [1.807, 2.05) is 34.6 Å². The summed E-state index contributed by atoms with van der Waals surface area (Å²) in [5.41, 5.74) is 7.72. The number of carbonyl (C=O) groups is 4. The highest BCUT2D eigenvalue weighted by molar-refractivity contribution is 6.00. The number of nitrogens with two attached hydrogens (primary N) is 1. The first-order chi connectivity index (χ1) is 17.6. The molecule has 0 aliphatic carbocycles. The van der Waals surface area contributed by atoms with E-state index in [2.05, 4.69) is 10.6 Å². The molecule has 4 atom stereocenters. The molecule has 2 heterocycles. The van der Waals surface area contributed by atoms with Crippen LogP contribution >= 0.6 is 0 Å². The summed E-state index contributed by atoms with van der Waals surface area (Å²) in [5, 5.41) is 12.7. The Morgan fingerprint density at radius 2 is 1.86 bits per heavy atom. The van der Waals surface area contributed by atoms with Crippen molar-refractivity contribution in [3.05, 3.63) is 29.3 Å². The van der Waals surface area contributed by atoms with Gasteiger partial charge in [0, 0.05) is 24.9 Å². The normalized spacial score (nSPS) is 21.2. The van der Waals surface area contributed by atoms with Gasteiger partial charge in [-0.05, 0) is 55.9 Å². The highest BCUT2D eigenvalue weighted by Crippen LogP contribution is 2.23. The topological polar surface area (TPSA) is 151 Å². The molecule has 0 saturated carbocycles. The van der Waals surface area contributed by atoms with Gasteiger partial charge < -0.3 is 31.1 Å². The van der Waals surface area contributed by atoms with Gasteiger partial charge in [-0.1, -0.05) is 34.6 Å². The Morgan fingerprint density at radius 3 is 2.41 bits per heavy atom. The number of aliphatic hydroxyl groups excluding tert-OH is 1. The monoisotopic (exact) mass is 520 g/mol. The number of aryl methyl sites for hydroxylation is 1. The van der Waals surface area contributed by atoms with Crippen LogP contribution < -0.4 is 16.4 Å². The number of nitrogen functional groups attached to an aromatic ring is 1. The Morgan fingerprint density at radius 1 is 1.22 bits per heavy atom. The Bertz CT molecular complexity index is 935. The quantitative estimate of drug-likeness (QED) is 0.317. The molecule has 1 aromatic rings. The van der Waals surface area contributed by atoms with Gasteiger partial charge in [-0.25, -0.2) is 0 Å². The summed E-state index contributed by atoms with van der Waals surface area (Å²) in [5.74, 6) is -1.43. The van der Waals surface area contributed by atoms with Crippen LogP contribution in [0.2, 0.25) is 0 Å². The molecule has 3 rings (SSSR count). The number of esters is 1. The van der Waals surface area contributed by atoms with E-state index in [9.17, 15) is 19.2 Å². The second-order valence-electron chi connectivity index (χ2n) is 9.17. The predicted molar refractivity (Wildman–Crippen MR) is 143 cm³/mol. The fourth-order valence-corrected chi connectivity index (χ4v) is 4.47. The van der Waals surface area contributed by atoms with Crippen molar-refractivity contribution >= 4 is 29.4 Å². The third-order valence-corrected chi connectivity index (χ3v) is 6.41. The molecule has 5 N–H and O–H groups in total. The van der Waals surface area contributed by atoms with Gasteiger partial charge in [0.15, 0.2) is 0 Å². The van der Waals surface area contributed by atoms with Crippen molar-refractivity contribution in [3.8, 4) is 0 Å². The summed E-state index contributed by atoms with van der Waals surface area (Å²) >= 11 is 0. The van der Waals surface area contributed by atoms with Gasteiger partial charge in [0.1, 0.15) is 18.2 Å². The van der Waals surface area contributed by atoms with Crippen LogP contribution in [0.5, 0.6) is 0 Å². The van der Waals surface area contributed by atoms with Gasteiger partial charge >= 0.3 is 5.97 Å². The van der Waals surface area contributed by atoms with Crippen molar-refractivity contribution in [1.82, 2.24) is 15.5 Å². The van der Waals surface area contributed by atoms with Crippen molar-refractivity contribution in [2.75, 3.05) is 19.4 Å². The largest absolute Gasteiger partial charge is 0.460 e. The number of cyclic esters (lactones) is 1. The molecular weight excluding hydrogens is 476 g/mol. The Balaban J connectivity index is 0.00000163. The lowest BCUT2D eigenvalue weighted by Gasteiger charge is -2.31. The number of nitrogens with one attached hydrogen (secondary N) is 2.